The third kappa shape index (κ3) is 2.89. The molecular formula is C13H20F2O. The highest BCUT2D eigenvalue weighted by atomic mass is 19.3. The van der Waals surface area contributed by atoms with Crippen LogP contribution in [0.4, 0.5) is 8.78 Å². The third-order valence-corrected chi connectivity index (χ3v) is 3.74. The Bertz CT molecular complexity index is 261. The van der Waals surface area contributed by atoms with Crippen LogP contribution in [0.5, 0.6) is 0 Å². The second-order valence-corrected chi connectivity index (χ2v) is 5.02. The first-order chi connectivity index (χ1) is 7.47. The van der Waals surface area contributed by atoms with Gasteiger partial charge in [-0.25, -0.2) is 8.78 Å². The van der Waals surface area contributed by atoms with E-state index >= 15 is 0 Å². The lowest BCUT2D eigenvalue weighted by molar-refractivity contribution is -0.121. The standard InChI is InChI=1S/C13H20F2O/c1-4-12(16)9-5-6-10(8(2)3)11(7-9)13(14)15/h4,8-11,13H,1,5-7H2,2-3H3. The number of carbonyl (C=O) groups excluding carboxylic acids is 1. The van der Waals surface area contributed by atoms with Crippen molar-refractivity contribution < 1.29 is 13.6 Å². The molecule has 1 rings (SSSR count). The zero-order valence-electron chi connectivity index (χ0n) is 9.96. The van der Waals surface area contributed by atoms with E-state index in [0.29, 0.717) is 6.42 Å². The molecule has 3 unspecified atom stereocenters. The molecule has 1 nitrogen and oxygen atoms in total. The first kappa shape index (κ1) is 13.3. The van der Waals surface area contributed by atoms with Gasteiger partial charge in [-0.1, -0.05) is 20.4 Å². The summed E-state index contributed by atoms with van der Waals surface area (Å²) in [6.07, 6.45) is 0.745. The van der Waals surface area contributed by atoms with E-state index in [9.17, 15) is 13.6 Å². The van der Waals surface area contributed by atoms with Crippen LogP contribution >= 0.6 is 0 Å². The molecule has 0 amide bonds. The monoisotopic (exact) mass is 230 g/mol. The highest BCUT2D eigenvalue weighted by Gasteiger charge is 2.39. The summed E-state index contributed by atoms with van der Waals surface area (Å²) in [5.41, 5.74) is 0. The predicted octanol–water partition coefficient (Wildman–Crippen LogP) is 3.70. The zero-order chi connectivity index (χ0) is 12.3. The van der Waals surface area contributed by atoms with Gasteiger partial charge in [-0.05, 0) is 37.2 Å². The van der Waals surface area contributed by atoms with Crippen LogP contribution in [-0.2, 0) is 4.79 Å². The van der Waals surface area contributed by atoms with Crippen molar-refractivity contribution in [1.29, 1.82) is 0 Å². The number of halogens is 2. The molecule has 1 aliphatic carbocycles. The average Bonchev–Trinajstić information content (AvgIpc) is 2.26. The Morgan fingerprint density at radius 1 is 1.31 bits per heavy atom. The summed E-state index contributed by atoms with van der Waals surface area (Å²) in [5, 5.41) is 0. The van der Waals surface area contributed by atoms with E-state index in [0.717, 1.165) is 12.8 Å². The summed E-state index contributed by atoms with van der Waals surface area (Å²) in [6, 6.07) is 0. The zero-order valence-corrected chi connectivity index (χ0v) is 9.96. The van der Waals surface area contributed by atoms with Gasteiger partial charge in [0.05, 0.1) is 0 Å². The minimum absolute atomic E-state index is 0.0499. The van der Waals surface area contributed by atoms with Crippen LogP contribution in [0.2, 0.25) is 0 Å². The molecule has 92 valence electrons. The van der Waals surface area contributed by atoms with Gasteiger partial charge in [0, 0.05) is 11.8 Å². The van der Waals surface area contributed by atoms with Crippen molar-refractivity contribution in [2.45, 2.75) is 39.5 Å². The van der Waals surface area contributed by atoms with Crippen LogP contribution in [0, 0.1) is 23.7 Å². The summed E-state index contributed by atoms with van der Waals surface area (Å²) in [7, 11) is 0. The van der Waals surface area contributed by atoms with E-state index in [-0.39, 0.29) is 23.5 Å². The topological polar surface area (TPSA) is 17.1 Å². The van der Waals surface area contributed by atoms with Crippen molar-refractivity contribution in [3.05, 3.63) is 12.7 Å². The Balaban J connectivity index is 2.72. The molecule has 0 heterocycles. The average molecular weight is 230 g/mol. The number of ketones is 1. The van der Waals surface area contributed by atoms with Crippen molar-refractivity contribution >= 4 is 5.78 Å². The Kier molecular flexibility index (Phi) is 4.63. The molecule has 0 aromatic rings. The molecule has 0 radical (unpaired) electrons. The lowest BCUT2D eigenvalue weighted by Crippen LogP contribution is -2.35. The van der Waals surface area contributed by atoms with Gasteiger partial charge in [0.1, 0.15) is 0 Å². The van der Waals surface area contributed by atoms with Crippen molar-refractivity contribution in [1.82, 2.24) is 0 Å². The normalized spacial score (nSPS) is 30.8. The minimum Gasteiger partial charge on any atom is -0.295 e. The summed E-state index contributed by atoms with van der Waals surface area (Å²) in [4.78, 5) is 11.4. The van der Waals surface area contributed by atoms with Gasteiger partial charge >= 0.3 is 0 Å². The number of hydrogen-bond acceptors (Lipinski definition) is 1. The number of carbonyl (C=O) groups is 1. The van der Waals surface area contributed by atoms with Crippen LogP contribution in [0.15, 0.2) is 12.7 Å². The molecule has 16 heavy (non-hydrogen) atoms. The first-order valence-corrected chi connectivity index (χ1v) is 5.91. The molecule has 0 bridgehead atoms. The molecule has 0 aliphatic heterocycles. The smallest absolute Gasteiger partial charge is 0.241 e. The molecule has 0 spiro atoms. The van der Waals surface area contributed by atoms with E-state index in [2.05, 4.69) is 6.58 Å². The number of allylic oxidation sites excluding steroid dienone is 1. The van der Waals surface area contributed by atoms with Gasteiger partial charge in [-0.3, -0.25) is 4.79 Å². The first-order valence-electron chi connectivity index (χ1n) is 5.91. The summed E-state index contributed by atoms with van der Waals surface area (Å²) in [6.45, 7) is 7.39. The molecular weight excluding hydrogens is 210 g/mol. The van der Waals surface area contributed by atoms with Crippen LogP contribution in [0.3, 0.4) is 0 Å². The Hall–Kier alpha value is -0.730. The molecule has 0 N–H and O–H groups in total. The molecule has 0 saturated heterocycles. The van der Waals surface area contributed by atoms with Crippen molar-refractivity contribution in [3.63, 3.8) is 0 Å². The van der Waals surface area contributed by atoms with Gasteiger partial charge < -0.3 is 0 Å². The molecule has 3 atom stereocenters. The van der Waals surface area contributed by atoms with Crippen molar-refractivity contribution in [3.8, 4) is 0 Å². The van der Waals surface area contributed by atoms with E-state index in [4.69, 9.17) is 0 Å². The quantitative estimate of drug-likeness (QED) is 0.673. The Morgan fingerprint density at radius 3 is 2.38 bits per heavy atom. The molecule has 1 fully saturated rings. The number of alkyl halides is 2. The minimum atomic E-state index is -2.31. The highest BCUT2D eigenvalue weighted by molar-refractivity contribution is 5.91. The van der Waals surface area contributed by atoms with Crippen LogP contribution in [-0.4, -0.2) is 12.2 Å². The SMILES string of the molecule is C=CC(=O)C1CCC(C(C)C)C(C(F)F)C1. The molecule has 0 aromatic carbocycles. The van der Waals surface area contributed by atoms with Gasteiger partial charge in [-0.2, -0.15) is 0 Å². The summed E-state index contributed by atoms with van der Waals surface area (Å²) >= 11 is 0. The van der Waals surface area contributed by atoms with E-state index in [1.165, 1.54) is 6.08 Å². The van der Waals surface area contributed by atoms with Gasteiger partial charge in [0.2, 0.25) is 6.43 Å². The number of rotatable bonds is 4. The second kappa shape index (κ2) is 5.55. The maximum absolute atomic E-state index is 12.9. The Morgan fingerprint density at radius 2 is 1.94 bits per heavy atom. The third-order valence-electron chi connectivity index (χ3n) is 3.74. The van der Waals surface area contributed by atoms with E-state index in [1.807, 2.05) is 13.8 Å². The fourth-order valence-corrected chi connectivity index (χ4v) is 2.77. The van der Waals surface area contributed by atoms with Crippen LogP contribution in [0.25, 0.3) is 0 Å². The van der Waals surface area contributed by atoms with Gasteiger partial charge in [-0.15, -0.1) is 0 Å². The predicted molar refractivity (Wildman–Crippen MR) is 60.4 cm³/mol. The second-order valence-electron chi connectivity index (χ2n) is 5.02. The maximum Gasteiger partial charge on any atom is 0.241 e. The van der Waals surface area contributed by atoms with Crippen molar-refractivity contribution in [2.24, 2.45) is 23.7 Å². The summed E-state index contributed by atoms with van der Waals surface area (Å²) in [5.74, 6) is -0.616. The lowest BCUT2D eigenvalue weighted by atomic mass is 9.69. The number of hydrogen-bond donors (Lipinski definition) is 0. The fraction of sp³-hybridized carbons (Fsp3) is 0.769. The largest absolute Gasteiger partial charge is 0.295 e. The highest BCUT2D eigenvalue weighted by Crippen LogP contribution is 2.41. The molecule has 1 saturated carbocycles. The summed E-state index contributed by atoms with van der Waals surface area (Å²) < 4.78 is 25.9. The molecule has 3 heteroatoms. The lowest BCUT2D eigenvalue weighted by Gasteiger charge is -2.37. The van der Waals surface area contributed by atoms with Crippen molar-refractivity contribution in [2.75, 3.05) is 0 Å². The van der Waals surface area contributed by atoms with E-state index < -0.39 is 12.3 Å². The Labute approximate surface area is 95.9 Å². The molecule has 0 aromatic heterocycles. The molecule has 1 aliphatic rings. The fourth-order valence-electron chi connectivity index (χ4n) is 2.77. The maximum atomic E-state index is 12.9. The van der Waals surface area contributed by atoms with E-state index in [1.54, 1.807) is 0 Å². The van der Waals surface area contributed by atoms with Crippen LogP contribution < -0.4 is 0 Å². The van der Waals surface area contributed by atoms with Gasteiger partial charge in [0.25, 0.3) is 0 Å². The van der Waals surface area contributed by atoms with Gasteiger partial charge in [0.15, 0.2) is 5.78 Å². The van der Waals surface area contributed by atoms with Crippen LogP contribution in [0.1, 0.15) is 33.1 Å².